The molecule has 1 heterocycles. The molecule has 0 radical (unpaired) electrons. The number of likely N-dealkylation sites (N-methyl/N-ethyl adjacent to an activating group) is 1. The molecule has 2 rings (SSSR count). The van der Waals surface area contributed by atoms with Crippen molar-refractivity contribution >= 4 is 26.1 Å². The molecule has 1 aliphatic heterocycles. The van der Waals surface area contributed by atoms with Crippen LogP contribution in [-0.2, 0) is 0 Å². The van der Waals surface area contributed by atoms with Gasteiger partial charge in [-0.1, -0.05) is 6.92 Å². The Kier molecular flexibility index (Phi) is 4.38. The first-order valence-corrected chi connectivity index (χ1v) is 6.96. The molecule has 1 unspecified atom stereocenters. The number of carbonyl (C=O) groups is 1. The van der Waals surface area contributed by atoms with E-state index in [-0.39, 0.29) is 11.6 Å². The largest absolute Gasteiger partial charge is 0.396 e. The maximum absolute atomic E-state index is 13.6. The lowest BCUT2D eigenvalue weighted by molar-refractivity contribution is 0.0643. The summed E-state index contributed by atoms with van der Waals surface area (Å²) in [7, 11) is 2.36. The summed E-state index contributed by atoms with van der Waals surface area (Å²) in [5.74, 6) is -0.665. The number of piperazine rings is 1. The Morgan fingerprint density at radius 3 is 2.53 bits per heavy atom. The van der Waals surface area contributed by atoms with Crippen LogP contribution in [0.15, 0.2) is 12.1 Å². The molecule has 1 aliphatic rings. The molecule has 0 aliphatic carbocycles. The van der Waals surface area contributed by atoms with Crippen LogP contribution in [-0.4, -0.2) is 48.4 Å². The number of amides is 1. The van der Waals surface area contributed by atoms with Gasteiger partial charge in [0.1, 0.15) is 5.82 Å². The summed E-state index contributed by atoms with van der Waals surface area (Å²) in [5, 5.41) is 0.524. The van der Waals surface area contributed by atoms with Gasteiger partial charge in [-0.25, -0.2) is 4.39 Å². The maximum Gasteiger partial charge on any atom is 0.254 e. The number of benzene rings is 1. The Morgan fingerprint density at radius 2 is 2.00 bits per heavy atom. The van der Waals surface area contributed by atoms with Gasteiger partial charge in [-0.15, -0.1) is 9.24 Å². The van der Waals surface area contributed by atoms with Gasteiger partial charge in [0, 0.05) is 31.7 Å². The number of halogens is 1. The molecule has 1 saturated heterocycles. The van der Waals surface area contributed by atoms with Crippen molar-refractivity contribution in [3.05, 3.63) is 23.5 Å². The molecule has 104 valence electrons. The highest BCUT2D eigenvalue weighted by Gasteiger charge is 2.22. The topological polar surface area (TPSA) is 49.6 Å². The van der Waals surface area contributed by atoms with Crippen molar-refractivity contribution in [2.24, 2.45) is 0 Å². The van der Waals surface area contributed by atoms with E-state index < -0.39 is 5.82 Å². The van der Waals surface area contributed by atoms with Gasteiger partial charge >= 0.3 is 0 Å². The van der Waals surface area contributed by atoms with Crippen molar-refractivity contribution in [1.29, 1.82) is 0 Å². The van der Waals surface area contributed by atoms with E-state index in [0.717, 1.165) is 19.6 Å². The number of hydrogen-bond donors (Lipinski definition) is 1. The summed E-state index contributed by atoms with van der Waals surface area (Å²) in [4.78, 5) is 16.4. The molecule has 6 heteroatoms. The molecule has 1 fully saturated rings. The molecule has 0 spiro atoms. The predicted molar refractivity (Wildman–Crippen MR) is 78.2 cm³/mol. The SMILES string of the molecule is CCN1CCN(C(=O)c2cc(F)c(N)c(P)c2)CC1. The minimum absolute atomic E-state index is 0.0809. The molecule has 1 amide bonds. The van der Waals surface area contributed by atoms with Crippen LogP contribution in [0.2, 0.25) is 0 Å². The number of nitrogens with zero attached hydrogens (tertiary/aromatic N) is 2. The summed E-state index contributed by atoms with van der Waals surface area (Å²) >= 11 is 0. The summed E-state index contributed by atoms with van der Waals surface area (Å²) in [6.07, 6.45) is 0. The number of nitrogen functional groups attached to an aromatic ring is 1. The normalized spacial score (nSPS) is 16.7. The second kappa shape index (κ2) is 5.85. The van der Waals surface area contributed by atoms with E-state index >= 15 is 0 Å². The molecular weight excluding hydrogens is 264 g/mol. The Labute approximate surface area is 114 Å². The molecule has 1 aromatic carbocycles. The number of nitrogens with two attached hydrogens (primary N) is 1. The van der Waals surface area contributed by atoms with E-state index in [4.69, 9.17) is 5.73 Å². The van der Waals surface area contributed by atoms with E-state index in [2.05, 4.69) is 21.1 Å². The van der Waals surface area contributed by atoms with E-state index in [1.54, 1.807) is 11.0 Å². The van der Waals surface area contributed by atoms with Crippen molar-refractivity contribution in [2.75, 3.05) is 38.5 Å². The third kappa shape index (κ3) is 3.04. The molecule has 4 nitrogen and oxygen atoms in total. The first kappa shape index (κ1) is 14.2. The van der Waals surface area contributed by atoms with Crippen molar-refractivity contribution in [2.45, 2.75) is 6.92 Å². The summed E-state index contributed by atoms with van der Waals surface area (Å²) in [6.45, 7) is 6.21. The standard InChI is InChI=1S/C13H19FN3OP/c1-2-16-3-5-17(6-4-16)13(18)9-7-10(14)12(15)11(19)8-9/h7-8H,2-6,15,19H2,1H3. The van der Waals surface area contributed by atoms with Crippen LogP contribution in [0.25, 0.3) is 0 Å². The van der Waals surface area contributed by atoms with Gasteiger partial charge in [-0.05, 0) is 24.0 Å². The van der Waals surface area contributed by atoms with Gasteiger partial charge in [-0.2, -0.15) is 0 Å². The Balaban J connectivity index is 2.12. The molecule has 0 bridgehead atoms. The van der Waals surface area contributed by atoms with Crippen molar-refractivity contribution in [3.63, 3.8) is 0 Å². The first-order valence-electron chi connectivity index (χ1n) is 6.39. The fourth-order valence-electron chi connectivity index (χ4n) is 2.21. The van der Waals surface area contributed by atoms with Gasteiger partial charge in [0.05, 0.1) is 5.69 Å². The molecular formula is C13H19FN3OP. The molecule has 1 aromatic rings. The molecule has 2 N–H and O–H groups in total. The van der Waals surface area contributed by atoms with Gasteiger partial charge in [0.15, 0.2) is 0 Å². The van der Waals surface area contributed by atoms with Gasteiger partial charge in [0.2, 0.25) is 0 Å². The van der Waals surface area contributed by atoms with E-state index in [9.17, 15) is 9.18 Å². The summed E-state index contributed by atoms with van der Waals surface area (Å²) < 4.78 is 13.6. The fraction of sp³-hybridized carbons (Fsp3) is 0.462. The van der Waals surface area contributed by atoms with Crippen molar-refractivity contribution in [1.82, 2.24) is 9.80 Å². The lowest BCUT2D eigenvalue weighted by Gasteiger charge is -2.34. The highest BCUT2D eigenvalue weighted by Crippen LogP contribution is 2.15. The number of anilines is 1. The van der Waals surface area contributed by atoms with Crippen LogP contribution in [0, 0.1) is 5.82 Å². The maximum atomic E-state index is 13.6. The number of hydrogen-bond acceptors (Lipinski definition) is 3. The zero-order valence-corrected chi connectivity index (χ0v) is 12.2. The lowest BCUT2D eigenvalue weighted by Crippen LogP contribution is -2.48. The minimum Gasteiger partial charge on any atom is -0.396 e. The number of rotatable bonds is 2. The fourth-order valence-corrected chi connectivity index (χ4v) is 2.53. The minimum atomic E-state index is -0.539. The molecule has 0 saturated carbocycles. The van der Waals surface area contributed by atoms with Gasteiger partial charge in [-0.3, -0.25) is 4.79 Å². The van der Waals surface area contributed by atoms with Crippen LogP contribution >= 0.6 is 9.24 Å². The van der Waals surface area contributed by atoms with E-state index in [0.29, 0.717) is 24.0 Å². The molecule has 0 aromatic heterocycles. The van der Waals surface area contributed by atoms with Gasteiger partial charge < -0.3 is 15.5 Å². The quantitative estimate of drug-likeness (QED) is 0.641. The Morgan fingerprint density at radius 1 is 1.37 bits per heavy atom. The number of carbonyl (C=O) groups excluding carboxylic acids is 1. The molecule has 1 atom stereocenters. The van der Waals surface area contributed by atoms with Crippen LogP contribution in [0.3, 0.4) is 0 Å². The van der Waals surface area contributed by atoms with E-state index in [1.807, 2.05) is 0 Å². The van der Waals surface area contributed by atoms with Crippen LogP contribution < -0.4 is 11.0 Å². The Hall–Kier alpha value is -1.19. The highest BCUT2D eigenvalue weighted by molar-refractivity contribution is 7.28. The lowest BCUT2D eigenvalue weighted by atomic mass is 10.1. The van der Waals surface area contributed by atoms with Crippen molar-refractivity contribution < 1.29 is 9.18 Å². The third-order valence-corrected chi connectivity index (χ3v) is 3.99. The highest BCUT2D eigenvalue weighted by atomic mass is 31.0. The summed E-state index contributed by atoms with van der Waals surface area (Å²) in [6, 6.07) is 2.84. The van der Waals surface area contributed by atoms with Gasteiger partial charge in [0.25, 0.3) is 5.91 Å². The van der Waals surface area contributed by atoms with Crippen LogP contribution in [0.1, 0.15) is 17.3 Å². The average molecular weight is 283 g/mol. The predicted octanol–water partition coefficient (Wildman–Crippen LogP) is 0.686. The smallest absolute Gasteiger partial charge is 0.254 e. The Bertz CT molecular complexity index is 464. The zero-order chi connectivity index (χ0) is 14.0. The zero-order valence-electron chi connectivity index (χ0n) is 11.0. The second-order valence-electron chi connectivity index (χ2n) is 4.69. The third-order valence-electron chi connectivity index (χ3n) is 3.52. The van der Waals surface area contributed by atoms with Crippen LogP contribution in [0.5, 0.6) is 0 Å². The first-order chi connectivity index (χ1) is 9.02. The summed E-state index contributed by atoms with van der Waals surface area (Å²) in [5.41, 5.74) is 5.98. The van der Waals surface area contributed by atoms with Crippen LogP contribution in [0.4, 0.5) is 10.1 Å². The van der Waals surface area contributed by atoms with Crippen molar-refractivity contribution in [3.8, 4) is 0 Å². The molecule has 19 heavy (non-hydrogen) atoms. The average Bonchev–Trinajstić information content (AvgIpc) is 2.43. The monoisotopic (exact) mass is 283 g/mol. The van der Waals surface area contributed by atoms with E-state index in [1.165, 1.54) is 6.07 Å². The second-order valence-corrected chi connectivity index (χ2v) is 5.31.